The highest BCUT2D eigenvalue weighted by atomic mass is 16.8. The van der Waals surface area contributed by atoms with Crippen LogP contribution in [0.3, 0.4) is 0 Å². The fourth-order valence-electron chi connectivity index (χ4n) is 6.62. The smallest absolute Gasteiger partial charge is 0.305 e. The maximum absolute atomic E-state index is 11.2. The van der Waals surface area contributed by atoms with E-state index < -0.39 is 118 Å². The van der Waals surface area contributed by atoms with Crippen LogP contribution in [0.5, 0.6) is 11.5 Å². The SMILES string of the molecule is COc1cc(C2=C(O[C@@H]3OC(CO)[C@@H](O)C(O)C3O[C@@H]3OC(CO)[C@@H](O)C(O)[C@H]3O)C=C3C(O[C@@H]4OC(CO)[C@@H](O)[C@H](O)C4O)=CC(O)=CC3[OH+]2)ccc1O. The Morgan fingerprint density at radius 2 is 1.22 bits per heavy atom. The summed E-state index contributed by atoms with van der Waals surface area (Å²) in [5.41, 5.74) is 0.376. The van der Waals surface area contributed by atoms with Crippen molar-refractivity contribution in [1.29, 1.82) is 0 Å². The molecule has 1 aromatic rings. The Bertz CT molecular complexity index is 1640. The molecule has 0 amide bonds. The Hall–Kier alpha value is -3.62. The van der Waals surface area contributed by atoms with Crippen LogP contribution in [0, 0.1) is 0 Å². The molecule has 306 valence electrons. The molecule has 0 aromatic heterocycles. The van der Waals surface area contributed by atoms with E-state index in [1.165, 1.54) is 37.5 Å². The van der Waals surface area contributed by atoms with Crippen molar-refractivity contribution < 1.29 is 104 Å². The summed E-state index contributed by atoms with van der Waals surface area (Å²) < 4.78 is 44.7. The first-order valence-corrected chi connectivity index (χ1v) is 17.1. The van der Waals surface area contributed by atoms with Crippen molar-refractivity contribution in [2.75, 3.05) is 26.9 Å². The second-order valence-corrected chi connectivity index (χ2v) is 13.3. The topological polar surface area (TPSA) is 340 Å². The molecule has 0 saturated carbocycles. The van der Waals surface area contributed by atoms with Crippen LogP contribution in [-0.2, 0) is 28.4 Å². The van der Waals surface area contributed by atoms with Gasteiger partial charge in [-0.15, -0.1) is 0 Å². The van der Waals surface area contributed by atoms with Gasteiger partial charge in [-0.25, -0.2) is 0 Å². The molecular weight excluding hydrogens is 744 g/mol. The third kappa shape index (κ3) is 8.00. The lowest BCUT2D eigenvalue weighted by molar-refractivity contribution is -0.363. The maximum Gasteiger partial charge on any atom is 0.305 e. The van der Waals surface area contributed by atoms with Crippen molar-refractivity contribution in [3.8, 4) is 11.5 Å². The summed E-state index contributed by atoms with van der Waals surface area (Å²) in [6.45, 7) is -2.39. The van der Waals surface area contributed by atoms with Crippen molar-refractivity contribution in [2.45, 2.75) is 98.2 Å². The monoisotopic (exact) mass is 789 g/mol. The van der Waals surface area contributed by atoms with Gasteiger partial charge in [0.1, 0.15) is 78.7 Å². The van der Waals surface area contributed by atoms with Gasteiger partial charge in [0.15, 0.2) is 23.9 Å². The Kier molecular flexibility index (Phi) is 12.6. The van der Waals surface area contributed by atoms with Crippen LogP contribution in [0.25, 0.3) is 5.76 Å². The summed E-state index contributed by atoms with van der Waals surface area (Å²) in [5, 5.41) is 135. The van der Waals surface area contributed by atoms with E-state index in [0.29, 0.717) is 0 Å². The first-order valence-electron chi connectivity index (χ1n) is 17.1. The largest absolute Gasteiger partial charge is 0.571 e. The number of aliphatic hydroxyl groups excluding tert-OH is 12. The van der Waals surface area contributed by atoms with Crippen molar-refractivity contribution in [3.63, 3.8) is 0 Å². The molecule has 21 nitrogen and oxygen atoms in total. The van der Waals surface area contributed by atoms with E-state index in [0.717, 1.165) is 6.08 Å². The maximum atomic E-state index is 11.2. The fourth-order valence-corrected chi connectivity index (χ4v) is 6.62. The van der Waals surface area contributed by atoms with Crippen LogP contribution >= 0.6 is 0 Å². The third-order valence-corrected chi connectivity index (χ3v) is 9.75. The quantitative estimate of drug-likeness (QED) is 0.0931. The lowest BCUT2D eigenvalue weighted by Crippen LogP contribution is -2.64. The Labute approximate surface area is 311 Å². The molecule has 14 N–H and O–H groups in total. The van der Waals surface area contributed by atoms with Gasteiger partial charge in [-0.2, -0.15) is 0 Å². The third-order valence-electron chi connectivity index (χ3n) is 9.75. The molecule has 0 radical (unpaired) electrons. The van der Waals surface area contributed by atoms with E-state index in [1.54, 1.807) is 0 Å². The number of benzene rings is 1. The molecule has 55 heavy (non-hydrogen) atoms. The van der Waals surface area contributed by atoms with Gasteiger partial charge in [0.2, 0.25) is 24.4 Å². The van der Waals surface area contributed by atoms with Crippen molar-refractivity contribution in [3.05, 3.63) is 64.8 Å². The number of phenols is 1. The summed E-state index contributed by atoms with van der Waals surface area (Å²) in [5.74, 6) is -0.972. The van der Waals surface area contributed by atoms with Crippen LogP contribution in [-0.4, -0.2) is 196 Å². The van der Waals surface area contributed by atoms with E-state index in [1.807, 2.05) is 0 Å². The molecule has 4 aliphatic heterocycles. The van der Waals surface area contributed by atoms with E-state index >= 15 is 0 Å². The minimum Gasteiger partial charge on any atom is -0.571 e. The van der Waals surface area contributed by atoms with Crippen LogP contribution in [0.2, 0.25) is 0 Å². The van der Waals surface area contributed by atoms with Crippen LogP contribution in [0.15, 0.2) is 59.3 Å². The number of phenolic OH excluding ortho intramolecular Hbond substituents is 1. The highest BCUT2D eigenvalue weighted by Crippen LogP contribution is 2.41. The number of hydrogen-bond acceptors (Lipinski definition) is 20. The summed E-state index contributed by atoms with van der Waals surface area (Å²) in [7, 11) is 1.30. The summed E-state index contributed by atoms with van der Waals surface area (Å²) in [6, 6.07) is 4.12. The molecule has 1 aliphatic carbocycles. The van der Waals surface area contributed by atoms with Gasteiger partial charge < -0.3 is 104 Å². The van der Waals surface area contributed by atoms with Gasteiger partial charge in [0.05, 0.1) is 44.1 Å². The van der Waals surface area contributed by atoms with Gasteiger partial charge in [-0.1, -0.05) is 0 Å². The number of rotatable bonds is 11. The van der Waals surface area contributed by atoms with Gasteiger partial charge in [-0.05, 0) is 12.1 Å². The molecule has 0 spiro atoms. The van der Waals surface area contributed by atoms with Crippen LogP contribution in [0.4, 0.5) is 0 Å². The molecule has 8 unspecified atom stereocenters. The summed E-state index contributed by atoms with van der Waals surface area (Å²) >= 11 is 0. The minimum atomic E-state index is -1.95. The molecular formula is C34H45O21+. The number of hydrogen-bond donors (Lipinski definition) is 13. The first-order chi connectivity index (χ1) is 26.2. The molecule has 16 atom stereocenters. The molecule has 4 heterocycles. The highest BCUT2D eigenvalue weighted by Gasteiger charge is 2.52. The van der Waals surface area contributed by atoms with Crippen molar-refractivity contribution >= 4 is 5.76 Å². The van der Waals surface area contributed by atoms with E-state index in [-0.39, 0.29) is 45.7 Å². The number of ether oxygens (including phenoxy) is 8. The molecule has 6 rings (SSSR count). The Balaban J connectivity index is 1.40. The number of aliphatic hydroxyl groups is 14. The molecule has 1 aromatic carbocycles. The van der Waals surface area contributed by atoms with Gasteiger partial charge in [-0.3, -0.25) is 0 Å². The number of aromatic hydroxyl groups is 1. The van der Waals surface area contributed by atoms with E-state index in [4.69, 9.17) is 37.9 Å². The van der Waals surface area contributed by atoms with E-state index in [2.05, 4.69) is 0 Å². The predicted octanol–water partition coefficient (Wildman–Crippen LogP) is -5.30. The molecule has 0 bridgehead atoms. The predicted molar refractivity (Wildman–Crippen MR) is 177 cm³/mol. The van der Waals surface area contributed by atoms with Crippen LogP contribution in [0.1, 0.15) is 5.56 Å². The zero-order chi connectivity index (χ0) is 39.9. The number of methoxy groups -OCH3 is 1. The van der Waals surface area contributed by atoms with Crippen molar-refractivity contribution in [1.82, 2.24) is 0 Å². The number of fused-ring (bicyclic) bond motifs is 1. The summed E-state index contributed by atoms with van der Waals surface area (Å²) in [6.07, 6.45) is -23.3. The Morgan fingerprint density at radius 3 is 1.82 bits per heavy atom. The van der Waals surface area contributed by atoms with Crippen molar-refractivity contribution in [2.24, 2.45) is 0 Å². The molecule has 5 aliphatic rings. The Morgan fingerprint density at radius 1 is 0.655 bits per heavy atom. The lowest BCUT2D eigenvalue weighted by Gasteiger charge is -2.46. The first kappa shape index (κ1) is 41.0. The number of allylic oxidation sites excluding steroid dienone is 2. The highest BCUT2D eigenvalue weighted by molar-refractivity contribution is 5.69. The molecule has 3 fully saturated rings. The van der Waals surface area contributed by atoms with Gasteiger partial charge >= 0.3 is 5.76 Å². The zero-order valence-electron chi connectivity index (χ0n) is 28.9. The average molecular weight is 790 g/mol. The second-order valence-electron chi connectivity index (χ2n) is 13.3. The lowest BCUT2D eigenvalue weighted by atomic mass is 9.95. The normalized spacial score (nSPS) is 40.6. The van der Waals surface area contributed by atoms with E-state index in [9.17, 15) is 66.4 Å². The van der Waals surface area contributed by atoms with Gasteiger partial charge in [0.25, 0.3) is 0 Å². The second kappa shape index (κ2) is 16.9. The standard InChI is InChI=1S/C34H44O21/c1-48-17-4-11(2-3-14(17)39)30-18(7-13-15(49-30)5-12(38)6-16(13)50-32-28(46)25(43)22(40)19(8-35)52-32)51-34-31(27(45)24(42)21(10-37)54-34)55-33-29(47)26(44)23(41)20(9-36)53-33/h2-7,15,19-29,31-47H,8-10H2,1H3/p+1/t15?,19?,20?,21?,22-,23-,24-,25+,26?,27?,28?,29-,31?,32-,33+,34-/m1/s1. The average Bonchev–Trinajstić information content (AvgIpc) is 3.17. The summed E-state index contributed by atoms with van der Waals surface area (Å²) in [4.78, 5) is 0. The molecule has 3 saturated heterocycles. The van der Waals surface area contributed by atoms with Crippen LogP contribution < -0.4 is 4.74 Å². The minimum absolute atomic E-state index is 0.00143. The zero-order valence-corrected chi connectivity index (χ0v) is 28.9. The molecule has 21 heteroatoms. The fraction of sp³-hybridized carbons (Fsp3) is 0.588. The van der Waals surface area contributed by atoms with Gasteiger partial charge in [0, 0.05) is 18.2 Å².